The number of methoxy groups -OCH3 is 1. The Kier molecular flexibility index (Phi) is 8.16. The van der Waals surface area contributed by atoms with Crippen molar-refractivity contribution in [3.8, 4) is 16.9 Å². The highest BCUT2D eigenvalue weighted by atomic mass is 35.5. The lowest BCUT2D eigenvalue weighted by atomic mass is 10.0. The maximum atomic E-state index is 12.5. The Morgan fingerprint density at radius 3 is 2.24 bits per heavy atom. The number of carbonyl (C=O) groups excluding carboxylic acids is 1. The van der Waals surface area contributed by atoms with Crippen LogP contribution in [0.2, 0.25) is 10.0 Å². The van der Waals surface area contributed by atoms with E-state index in [0.717, 1.165) is 5.56 Å². The van der Waals surface area contributed by atoms with Gasteiger partial charge in [0.25, 0.3) is 0 Å². The number of carboxylic acids is 1. The zero-order valence-corrected chi connectivity index (χ0v) is 19.2. The molecule has 0 fully saturated rings. The third-order valence-corrected chi connectivity index (χ3v) is 5.50. The molecule has 1 atom stereocenters. The molecule has 0 saturated carbocycles. The second-order valence-electron chi connectivity index (χ2n) is 7.16. The van der Waals surface area contributed by atoms with Crippen LogP contribution in [0.3, 0.4) is 0 Å². The second-order valence-corrected chi connectivity index (χ2v) is 7.98. The van der Waals surface area contributed by atoms with Crippen LogP contribution in [0.1, 0.15) is 17.2 Å². The Labute approximate surface area is 200 Å². The van der Waals surface area contributed by atoms with Gasteiger partial charge in [-0.3, -0.25) is 4.79 Å². The van der Waals surface area contributed by atoms with Gasteiger partial charge in [0.15, 0.2) is 0 Å². The summed E-state index contributed by atoms with van der Waals surface area (Å²) in [5.41, 5.74) is 2.92. The summed E-state index contributed by atoms with van der Waals surface area (Å²) in [6, 6.07) is 15.8. The van der Waals surface area contributed by atoms with Crippen molar-refractivity contribution < 1.29 is 24.5 Å². The molecule has 33 heavy (non-hydrogen) atoms. The standard InChI is InChI=1S/C24H22Cl2N2O5/c1-33-21-5-3-2-4-17(21)23-18(25)11-16(12-19(23)26)27-24(32)28-20(13-29)15-8-6-14(7-9-15)10-22(30)31/h2-9,11-12,20,29H,10,13H2,1H3,(H,30,31)(H2,27,28,32). The third kappa shape index (κ3) is 6.16. The van der Waals surface area contributed by atoms with E-state index in [2.05, 4.69) is 10.6 Å². The SMILES string of the molecule is COc1ccccc1-c1c(Cl)cc(NC(=O)NC(CO)c2ccc(CC(=O)O)cc2)cc1Cl. The van der Waals surface area contributed by atoms with Gasteiger partial charge in [-0.2, -0.15) is 0 Å². The van der Waals surface area contributed by atoms with Crippen LogP contribution >= 0.6 is 23.2 Å². The number of halogens is 2. The summed E-state index contributed by atoms with van der Waals surface area (Å²) in [6.45, 7) is -0.347. The predicted octanol–water partition coefficient (Wildman–Crippen LogP) is 5.15. The van der Waals surface area contributed by atoms with Crippen LogP contribution in [0, 0.1) is 0 Å². The van der Waals surface area contributed by atoms with E-state index in [9.17, 15) is 14.7 Å². The molecule has 0 radical (unpaired) electrons. The molecule has 2 amide bonds. The van der Waals surface area contributed by atoms with E-state index in [1.807, 2.05) is 18.2 Å². The fourth-order valence-corrected chi connectivity index (χ4v) is 4.05. The van der Waals surface area contributed by atoms with Crippen molar-refractivity contribution in [1.82, 2.24) is 5.32 Å². The number of aliphatic hydroxyl groups is 1. The maximum Gasteiger partial charge on any atom is 0.319 e. The number of benzene rings is 3. The molecule has 0 spiro atoms. The number of carbonyl (C=O) groups is 2. The first kappa shape index (κ1) is 24.4. The smallest absolute Gasteiger partial charge is 0.319 e. The molecule has 172 valence electrons. The minimum atomic E-state index is -0.937. The largest absolute Gasteiger partial charge is 0.496 e. The normalized spacial score (nSPS) is 11.5. The number of anilines is 1. The molecule has 0 saturated heterocycles. The highest BCUT2D eigenvalue weighted by molar-refractivity contribution is 6.40. The van der Waals surface area contributed by atoms with Crippen molar-refractivity contribution in [1.29, 1.82) is 0 Å². The van der Waals surface area contributed by atoms with Gasteiger partial charge in [0.2, 0.25) is 0 Å². The molecule has 3 rings (SSSR count). The van der Waals surface area contributed by atoms with E-state index < -0.39 is 18.0 Å². The molecule has 9 heteroatoms. The summed E-state index contributed by atoms with van der Waals surface area (Å²) < 4.78 is 5.38. The van der Waals surface area contributed by atoms with Crippen LogP contribution < -0.4 is 15.4 Å². The molecule has 3 aromatic rings. The Hall–Kier alpha value is -3.26. The fraction of sp³-hybridized carbons (Fsp3) is 0.167. The van der Waals surface area contributed by atoms with Gasteiger partial charge in [0, 0.05) is 16.8 Å². The van der Waals surface area contributed by atoms with Crippen molar-refractivity contribution >= 4 is 40.9 Å². The molecule has 0 aliphatic heterocycles. The zero-order valence-electron chi connectivity index (χ0n) is 17.6. The highest BCUT2D eigenvalue weighted by Crippen LogP contribution is 2.41. The fourth-order valence-electron chi connectivity index (χ4n) is 3.36. The number of nitrogens with one attached hydrogen (secondary N) is 2. The topological polar surface area (TPSA) is 108 Å². The van der Waals surface area contributed by atoms with Gasteiger partial charge in [-0.1, -0.05) is 65.7 Å². The average molecular weight is 489 g/mol. The van der Waals surface area contributed by atoms with E-state index in [-0.39, 0.29) is 13.0 Å². The molecule has 0 aliphatic rings. The number of aliphatic carboxylic acids is 1. The van der Waals surface area contributed by atoms with Crippen LogP contribution in [-0.4, -0.2) is 35.9 Å². The minimum Gasteiger partial charge on any atom is -0.496 e. The number of rotatable bonds is 8. The van der Waals surface area contributed by atoms with Crippen LogP contribution in [0.15, 0.2) is 60.7 Å². The van der Waals surface area contributed by atoms with Gasteiger partial charge < -0.3 is 25.6 Å². The van der Waals surface area contributed by atoms with Crippen molar-refractivity contribution in [2.24, 2.45) is 0 Å². The molecule has 0 aromatic heterocycles. The predicted molar refractivity (Wildman–Crippen MR) is 128 cm³/mol. The summed E-state index contributed by atoms with van der Waals surface area (Å²) in [6.07, 6.45) is -0.107. The number of aliphatic hydroxyl groups excluding tert-OH is 1. The zero-order chi connectivity index (χ0) is 24.0. The number of para-hydroxylation sites is 1. The number of hydrogen-bond acceptors (Lipinski definition) is 4. The third-order valence-electron chi connectivity index (χ3n) is 4.90. The van der Waals surface area contributed by atoms with Crippen LogP contribution in [0.25, 0.3) is 11.1 Å². The lowest BCUT2D eigenvalue weighted by Gasteiger charge is -2.18. The summed E-state index contributed by atoms with van der Waals surface area (Å²) >= 11 is 12.9. The second kappa shape index (κ2) is 11.0. The van der Waals surface area contributed by atoms with Crippen LogP contribution in [0.4, 0.5) is 10.5 Å². The van der Waals surface area contributed by atoms with Crippen LogP contribution in [-0.2, 0) is 11.2 Å². The summed E-state index contributed by atoms with van der Waals surface area (Å²) in [4.78, 5) is 23.3. The van der Waals surface area contributed by atoms with E-state index in [1.54, 1.807) is 49.6 Å². The molecule has 7 nitrogen and oxygen atoms in total. The van der Waals surface area contributed by atoms with Gasteiger partial charge in [-0.25, -0.2) is 4.79 Å². The van der Waals surface area contributed by atoms with Crippen LogP contribution in [0.5, 0.6) is 5.75 Å². The molecular formula is C24H22Cl2N2O5. The summed E-state index contributed by atoms with van der Waals surface area (Å²) in [5, 5.41) is 24.6. The Balaban J connectivity index is 1.74. The number of carboxylic acid groups (broad SMARTS) is 1. The molecule has 0 bridgehead atoms. The lowest BCUT2D eigenvalue weighted by Crippen LogP contribution is -2.34. The Bertz CT molecular complexity index is 1130. The Morgan fingerprint density at radius 1 is 1.03 bits per heavy atom. The number of ether oxygens (including phenoxy) is 1. The maximum absolute atomic E-state index is 12.5. The lowest BCUT2D eigenvalue weighted by molar-refractivity contribution is -0.136. The summed E-state index contributed by atoms with van der Waals surface area (Å²) in [7, 11) is 1.55. The first-order chi connectivity index (χ1) is 15.8. The molecule has 1 unspecified atom stereocenters. The monoisotopic (exact) mass is 488 g/mol. The van der Waals surface area contributed by atoms with Crippen molar-refractivity contribution in [3.63, 3.8) is 0 Å². The highest BCUT2D eigenvalue weighted by Gasteiger charge is 2.17. The molecule has 4 N–H and O–H groups in total. The van der Waals surface area contributed by atoms with Gasteiger partial charge in [0.05, 0.1) is 36.2 Å². The van der Waals surface area contributed by atoms with E-state index >= 15 is 0 Å². The first-order valence-electron chi connectivity index (χ1n) is 9.93. The Morgan fingerprint density at radius 2 is 1.67 bits per heavy atom. The van der Waals surface area contributed by atoms with E-state index in [4.69, 9.17) is 33.0 Å². The molecule has 0 aliphatic carbocycles. The van der Waals surface area contributed by atoms with Gasteiger partial charge >= 0.3 is 12.0 Å². The molecular weight excluding hydrogens is 467 g/mol. The first-order valence-corrected chi connectivity index (χ1v) is 10.7. The van der Waals surface area contributed by atoms with Gasteiger partial charge in [0.1, 0.15) is 5.75 Å². The number of amides is 2. The van der Waals surface area contributed by atoms with E-state index in [1.165, 1.54) is 0 Å². The number of hydrogen-bond donors (Lipinski definition) is 4. The quantitative estimate of drug-likeness (QED) is 0.350. The number of urea groups is 1. The molecule has 0 heterocycles. The summed E-state index contributed by atoms with van der Waals surface area (Å²) in [5.74, 6) is -0.326. The van der Waals surface area contributed by atoms with Crippen molar-refractivity contribution in [3.05, 3.63) is 81.8 Å². The van der Waals surface area contributed by atoms with E-state index in [0.29, 0.717) is 38.2 Å². The average Bonchev–Trinajstić information content (AvgIpc) is 2.77. The van der Waals surface area contributed by atoms with Crippen molar-refractivity contribution in [2.75, 3.05) is 19.0 Å². The van der Waals surface area contributed by atoms with Gasteiger partial charge in [-0.15, -0.1) is 0 Å². The molecule has 3 aromatic carbocycles. The van der Waals surface area contributed by atoms with Crippen molar-refractivity contribution in [2.45, 2.75) is 12.5 Å². The minimum absolute atomic E-state index is 0.107. The van der Waals surface area contributed by atoms with Gasteiger partial charge in [-0.05, 0) is 29.3 Å².